The van der Waals surface area contributed by atoms with Crippen LogP contribution < -0.4 is 11.1 Å². The standard InChI is InChI=1S/C16H22N2O4S/c1-10-4-5-11(2)12(8-10)14(19)9-22-15(20)13(6-7-23-3)18-16(17)21/h4-5,8,13H,6-7,9H2,1-3H3,(H3,17,18,21)/t13-/m1/s1. The van der Waals surface area contributed by atoms with Crippen LogP contribution in [-0.2, 0) is 9.53 Å². The number of esters is 1. The summed E-state index contributed by atoms with van der Waals surface area (Å²) in [5, 5.41) is 2.34. The number of carbonyl (C=O) groups excluding carboxylic acids is 3. The van der Waals surface area contributed by atoms with E-state index in [4.69, 9.17) is 10.5 Å². The minimum atomic E-state index is -0.841. The van der Waals surface area contributed by atoms with Gasteiger partial charge in [0.1, 0.15) is 6.04 Å². The summed E-state index contributed by atoms with van der Waals surface area (Å²) < 4.78 is 5.05. The van der Waals surface area contributed by atoms with Gasteiger partial charge >= 0.3 is 12.0 Å². The number of carbonyl (C=O) groups is 3. The average molecular weight is 338 g/mol. The summed E-state index contributed by atoms with van der Waals surface area (Å²) in [6.07, 6.45) is 2.28. The maximum atomic E-state index is 12.2. The third kappa shape index (κ3) is 6.32. The molecular formula is C16H22N2O4S. The molecule has 2 amide bonds. The average Bonchev–Trinajstić information content (AvgIpc) is 2.50. The lowest BCUT2D eigenvalue weighted by atomic mass is 10.0. The van der Waals surface area contributed by atoms with Gasteiger partial charge in [-0.05, 0) is 43.9 Å². The molecular weight excluding hydrogens is 316 g/mol. The van der Waals surface area contributed by atoms with Crippen LogP contribution in [0.4, 0.5) is 4.79 Å². The molecule has 7 heteroatoms. The molecule has 3 N–H and O–H groups in total. The van der Waals surface area contributed by atoms with Gasteiger partial charge in [0.15, 0.2) is 6.61 Å². The summed E-state index contributed by atoms with van der Waals surface area (Å²) in [6.45, 7) is 3.35. The Labute approximate surface area is 140 Å². The van der Waals surface area contributed by atoms with Gasteiger partial charge in [-0.1, -0.05) is 17.7 Å². The Morgan fingerprint density at radius 3 is 2.61 bits per heavy atom. The summed E-state index contributed by atoms with van der Waals surface area (Å²) >= 11 is 1.53. The van der Waals surface area contributed by atoms with Crippen LogP contribution in [-0.4, -0.2) is 42.4 Å². The van der Waals surface area contributed by atoms with Gasteiger partial charge in [-0.15, -0.1) is 0 Å². The third-order valence-corrected chi connectivity index (χ3v) is 3.89. The second-order valence-corrected chi connectivity index (χ2v) is 6.18. The van der Waals surface area contributed by atoms with Gasteiger partial charge in [-0.2, -0.15) is 11.8 Å². The number of primary amides is 1. The van der Waals surface area contributed by atoms with E-state index in [-0.39, 0.29) is 12.4 Å². The number of nitrogens with one attached hydrogen (secondary N) is 1. The zero-order valence-electron chi connectivity index (χ0n) is 13.5. The Hall–Kier alpha value is -2.02. The summed E-state index contributed by atoms with van der Waals surface area (Å²) in [4.78, 5) is 35.2. The van der Waals surface area contributed by atoms with Crippen molar-refractivity contribution in [2.75, 3.05) is 18.6 Å². The lowest BCUT2D eigenvalue weighted by Gasteiger charge is -2.16. The zero-order chi connectivity index (χ0) is 17.4. The number of aryl methyl sites for hydroxylation is 2. The van der Waals surface area contributed by atoms with Gasteiger partial charge in [0.25, 0.3) is 0 Å². The van der Waals surface area contributed by atoms with Crippen LogP contribution in [0, 0.1) is 13.8 Å². The van der Waals surface area contributed by atoms with E-state index in [9.17, 15) is 14.4 Å². The minimum Gasteiger partial charge on any atom is -0.456 e. The molecule has 0 aliphatic heterocycles. The molecule has 0 radical (unpaired) electrons. The maximum Gasteiger partial charge on any atom is 0.329 e. The summed E-state index contributed by atoms with van der Waals surface area (Å²) in [7, 11) is 0. The highest BCUT2D eigenvalue weighted by Crippen LogP contribution is 2.12. The van der Waals surface area contributed by atoms with Crippen LogP contribution in [0.25, 0.3) is 0 Å². The highest BCUT2D eigenvalue weighted by Gasteiger charge is 2.22. The smallest absolute Gasteiger partial charge is 0.329 e. The number of amides is 2. The second-order valence-electron chi connectivity index (χ2n) is 5.19. The predicted molar refractivity (Wildman–Crippen MR) is 90.7 cm³/mol. The molecule has 0 aliphatic carbocycles. The molecule has 0 bridgehead atoms. The number of nitrogens with two attached hydrogens (primary N) is 1. The van der Waals surface area contributed by atoms with Crippen molar-refractivity contribution >= 4 is 29.5 Å². The first-order valence-corrected chi connectivity index (χ1v) is 8.56. The van der Waals surface area contributed by atoms with E-state index in [2.05, 4.69) is 5.32 Å². The first-order chi connectivity index (χ1) is 10.8. The molecule has 23 heavy (non-hydrogen) atoms. The van der Waals surface area contributed by atoms with E-state index in [1.807, 2.05) is 32.2 Å². The number of hydrogen-bond acceptors (Lipinski definition) is 5. The molecule has 0 heterocycles. The Kier molecular flexibility index (Phi) is 7.61. The van der Waals surface area contributed by atoms with Crippen molar-refractivity contribution in [1.82, 2.24) is 5.32 Å². The molecule has 0 saturated carbocycles. The molecule has 1 aromatic carbocycles. The van der Waals surface area contributed by atoms with Crippen LogP contribution in [0.1, 0.15) is 27.9 Å². The van der Waals surface area contributed by atoms with E-state index in [0.717, 1.165) is 11.1 Å². The first kappa shape index (κ1) is 19.0. The van der Waals surface area contributed by atoms with E-state index in [0.29, 0.717) is 17.7 Å². The summed E-state index contributed by atoms with van der Waals surface area (Å²) in [5.41, 5.74) is 7.37. The predicted octanol–water partition coefficient (Wildman–Crippen LogP) is 1.82. The SMILES string of the molecule is CSCC[C@@H](NC(N)=O)C(=O)OCC(=O)c1cc(C)ccc1C. The van der Waals surface area contributed by atoms with Gasteiger partial charge in [0, 0.05) is 5.56 Å². The highest BCUT2D eigenvalue weighted by atomic mass is 32.2. The molecule has 1 rings (SSSR count). The molecule has 0 spiro atoms. The second kappa shape index (κ2) is 9.19. The van der Waals surface area contributed by atoms with Crippen molar-refractivity contribution in [3.8, 4) is 0 Å². The Morgan fingerprint density at radius 2 is 2.00 bits per heavy atom. The van der Waals surface area contributed by atoms with Crippen LogP contribution in [0.5, 0.6) is 0 Å². The van der Waals surface area contributed by atoms with Gasteiger partial charge in [0.05, 0.1) is 0 Å². The number of hydrogen-bond donors (Lipinski definition) is 2. The lowest BCUT2D eigenvalue weighted by Crippen LogP contribution is -2.45. The normalized spacial score (nSPS) is 11.6. The molecule has 0 saturated heterocycles. The van der Waals surface area contributed by atoms with E-state index in [1.165, 1.54) is 11.8 Å². The number of urea groups is 1. The van der Waals surface area contributed by atoms with Crippen molar-refractivity contribution in [2.24, 2.45) is 5.73 Å². The van der Waals surface area contributed by atoms with Crippen molar-refractivity contribution in [3.63, 3.8) is 0 Å². The number of thioether (sulfide) groups is 1. The number of ketones is 1. The fraction of sp³-hybridized carbons (Fsp3) is 0.438. The van der Waals surface area contributed by atoms with Crippen molar-refractivity contribution in [2.45, 2.75) is 26.3 Å². The fourth-order valence-electron chi connectivity index (χ4n) is 2.01. The quantitative estimate of drug-likeness (QED) is 0.556. The molecule has 0 unspecified atom stereocenters. The molecule has 0 fully saturated rings. The van der Waals surface area contributed by atoms with Gasteiger partial charge in [-0.25, -0.2) is 9.59 Å². The number of rotatable bonds is 8. The number of ether oxygens (including phenoxy) is 1. The summed E-state index contributed by atoms with van der Waals surface area (Å²) in [5.74, 6) is -0.274. The molecule has 6 nitrogen and oxygen atoms in total. The van der Waals surface area contributed by atoms with E-state index < -0.39 is 18.0 Å². The van der Waals surface area contributed by atoms with Crippen molar-refractivity contribution in [1.29, 1.82) is 0 Å². The van der Waals surface area contributed by atoms with E-state index in [1.54, 1.807) is 6.07 Å². The maximum absolute atomic E-state index is 12.2. The molecule has 0 aliphatic rings. The number of benzene rings is 1. The molecule has 1 atom stereocenters. The monoisotopic (exact) mass is 338 g/mol. The Balaban J connectivity index is 2.66. The highest BCUT2D eigenvalue weighted by molar-refractivity contribution is 7.98. The summed E-state index contributed by atoms with van der Waals surface area (Å²) in [6, 6.07) is 3.88. The van der Waals surface area contributed by atoms with E-state index >= 15 is 0 Å². The number of Topliss-reactive ketones (excluding diaryl/α,β-unsaturated/α-hetero) is 1. The van der Waals surface area contributed by atoms with Gasteiger partial charge < -0.3 is 15.8 Å². The molecule has 1 aromatic rings. The topological polar surface area (TPSA) is 98.5 Å². The van der Waals surface area contributed by atoms with Crippen LogP contribution in [0.3, 0.4) is 0 Å². The van der Waals surface area contributed by atoms with Gasteiger partial charge in [0.2, 0.25) is 5.78 Å². The zero-order valence-corrected chi connectivity index (χ0v) is 14.4. The largest absolute Gasteiger partial charge is 0.456 e. The third-order valence-electron chi connectivity index (χ3n) is 3.25. The van der Waals surface area contributed by atoms with Crippen LogP contribution in [0.2, 0.25) is 0 Å². The molecule has 126 valence electrons. The lowest BCUT2D eigenvalue weighted by molar-refractivity contribution is -0.144. The minimum absolute atomic E-state index is 0.276. The first-order valence-electron chi connectivity index (χ1n) is 7.17. The molecule has 0 aromatic heterocycles. The van der Waals surface area contributed by atoms with Gasteiger partial charge in [-0.3, -0.25) is 4.79 Å². The fourth-order valence-corrected chi connectivity index (χ4v) is 2.48. The van der Waals surface area contributed by atoms with Crippen molar-refractivity contribution in [3.05, 3.63) is 34.9 Å². The van der Waals surface area contributed by atoms with Crippen LogP contribution >= 0.6 is 11.8 Å². The Bertz CT molecular complexity index is 589. The van der Waals surface area contributed by atoms with Crippen molar-refractivity contribution < 1.29 is 19.1 Å². The van der Waals surface area contributed by atoms with Crippen LogP contribution in [0.15, 0.2) is 18.2 Å². The Morgan fingerprint density at radius 1 is 1.30 bits per heavy atom.